The topological polar surface area (TPSA) is 63.6 Å². The molecule has 0 saturated carbocycles. The molecule has 0 rings (SSSR count). The van der Waals surface area contributed by atoms with Crippen LogP contribution < -0.4 is 0 Å². The van der Waals surface area contributed by atoms with Gasteiger partial charge in [0.25, 0.3) is 0 Å². The third kappa shape index (κ3) is 8.02. The first kappa shape index (κ1) is 22.7. The van der Waals surface area contributed by atoms with E-state index < -0.39 is 41.3 Å². The Hall–Kier alpha value is -1.27. The third-order valence-corrected chi connectivity index (χ3v) is 3.56. The smallest absolute Gasteiger partial charge is 0.392 e. The SMILES string of the molecule is CC(C(C(=O)O)C(CC(C)(C)C)C(=O)OCC(C)(C)C)C(F)(F)F. The van der Waals surface area contributed by atoms with Gasteiger partial charge in [-0.2, -0.15) is 13.2 Å². The number of halogens is 3. The minimum Gasteiger partial charge on any atom is -0.481 e. The third-order valence-electron chi connectivity index (χ3n) is 3.56. The maximum absolute atomic E-state index is 13.1. The fraction of sp³-hybridized carbons (Fsp3) is 0.882. The van der Waals surface area contributed by atoms with Gasteiger partial charge < -0.3 is 9.84 Å². The zero-order chi connectivity index (χ0) is 19.5. The molecule has 0 aromatic heterocycles. The van der Waals surface area contributed by atoms with Gasteiger partial charge in [-0.15, -0.1) is 0 Å². The van der Waals surface area contributed by atoms with Gasteiger partial charge in [0.1, 0.15) is 0 Å². The summed E-state index contributed by atoms with van der Waals surface area (Å²) in [5.74, 6) is -7.91. The fourth-order valence-electron chi connectivity index (χ4n) is 2.35. The second-order valence-electron chi connectivity index (χ2n) is 8.73. The molecule has 0 saturated heterocycles. The predicted molar refractivity (Wildman–Crippen MR) is 84.3 cm³/mol. The van der Waals surface area contributed by atoms with Crippen LogP contribution in [0.4, 0.5) is 13.2 Å². The number of aliphatic carboxylic acids is 1. The zero-order valence-electron chi connectivity index (χ0n) is 15.5. The molecule has 142 valence electrons. The number of alkyl halides is 3. The summed E-state index contributed by atoms with van der Waals surface area (Å²) in [5.41, 5.74) is -0.888. The average Bonchev–Trinajstić information content (AvgIpc) is 2.30. The summed E-state index contributed by atoms with van der Waals surface area (Å²) < 4.78 is 44.4. The first-order chi connectivity index (χ1) is 10.5. The number of hydrogen-bond acceptors (Lipinski definition) is 3. The first-order valence-corrected chi connectivity index (χ1v) is 7.92. The molecule has 1 N–H and O–H groups in total. The van der Waals surface area contributed by atoms with Crippen LogP contribution in [0.1, 0.15) is 54.9 Å². The van der Waals surface area contributed by atoms with E-state index in [1.54, 1.807) is 20.8 Å². The van der Waals surface area contributed by atoms with Gasteiger partial charge >= 0.3 is 18.1 Å². The summed E-state index contributed by atoms with van der Waals surface area (Å²) >= 11 is 0. The van der Waals surface area contributed by atoms with Crippen LogP contribution in [-0.4, -0.2) is 29.8 Å². The minimum atomic E-state index is -4.70. The van der Waals surface area contributed by atoms with E-state index in [9.17, 15) is 27.9 Å². The van der Waals surface area contributed by atoms with Crippen molar-refractivity contribution in [3.05, 3.63) is 0 Å². The van der Waals surface area contributed by atoms with E-state index in [4.69, 9.17) is 4.74 Å². The van der Waals surface area contributed by atoms with E-state index in [1.807, 2.05) is 20.8 Å². The van der Waals surface area contributed by atoms with Crippen LogP contribution in [0.15, 0.2) is 0 Å². The highest BCUT2D eigenvalue weighted by Gasteiger charge is 2.50. The molecule has 3 unspecified atom stereocenters. The lowest BCUT2D eigenvalue weighted by atomic mass is 9.74. The number of carbonyl (C=O) groups excluding carboxylic acids is 1. The van der Waals surface area contributed by atoms with Crippen LogP contribution >= 0.6 is 0 Å². The summed E-state index contributed by atoms with van der Waals surface area (Å²) in [5, 5.41) is 9.34. The number of carboxylic acid groups (broad SMARTS) is 1. The fourth-order valence-corrected chi connectivity index (χ4v) is 2.35. The highest BCUT2D eigenvalue weighted by molar-refractivity contribution is 5.81. The predicted octanol–water partition coefficient (Wildman–Crippen LogP) is 4.53. The summed E-state index contributed by atoms with van der Waals surface area (Å²) in [4.78, 5) is 23.9. The molecule has 0 amide bonds. The van der Waals surface area contributed by atoms with Crippen molar-refractivity contribution in [2.75, 3.05) is 6.61 Å². The van der Waals surface area contributed by atoms with Gasteiger partial charge in [0, 0.05) is 0 Å². The van der Waals surface area contributed by atoms with Gasteiger partial charge in [-0.05, 0) is 17.3 Å². The Morgan fingerprint density at radius 1 is 1.00 bits per heavy atom. The summed E-state index contributed by atoms with van der Waals surface area (Å²) in [6, 6.07) is 0. The first-order valence-electron chi connectivity index (χ1n) is 7.92. The van der Waals surface area contributed by atoms with Crippen LogP contribution in [0.2, 0.25) is 0 Å². The molecule has 0 aliphatic rings. The van der Waals surface area contributed by atoms with Gasteiger partial charge in [0.05, 0.1) is 24.4 Å². The van der Waals surface area contributed by atoms with Gasteiger partial charge in [-0.3, -0.25) is 9.59 Å². The molecule has 7 heteroatoms. The summed E-state index contributed by atoms with van der Waals surface area (Å²) in [6.07, 6.45) is -4.71. The second kappa shape index (κ2) is 7.74. The largest absolute Gasteiger partial charge is 0.481 e. The molecule has 24 heavy (non-hydrogen) atoms. The van der Waals surface area contributed by atoms with Crippen molar-refractivity contribution in [3.8, 4) is 0 Å². The van der Waals surface area contributed by atoms with E-state index in [0.29, 0.717) is 0 Å². The van der Waals surface area contributed by atoms with E-state index in [1.165, 1.54) is 0 Å². The summed E-state index contributed by atoms with van der Waals surface area (Å²) in [7, 11) is 0. The van der Waals surface area contributed by atoms with Crippen molar-refractivity contribution in [1.82, 2.24) is 0 Å². The van der Waals surface area contributed by atoms with Gasteiger partial charge in [-0.25, -0.2) is 0 Å². The molecule has 0 bridgehead atoms. The normalized spacial score (nSPS) is 17.1. The number of rotatable bonds is 6. The van der Waals surface area contributed by atoms with E-state index in [-0.39, 0.29) is 18.4 Å². The van der Waals surface area contributed by atoms with Crippen LogP contribution in [0.3, 0.4) is 0 Å². The molecule has 0 fully saturated rings. The van der Waals surface area contributed by atoms with Crippen molar-refractivity contribution in [2.45, 2.75) is 61.1 Å². The maximum Gasteiger partial charge on any atom is 0.392 e. The molecule has 0 aliphatic heterocycles. The standard InChI is InChI=1S/C17H29F3O4/c1-10(17(18,19)20)12(13(21)22)11(8-15(2,3)4)14(23)24-9-16(5,6)7/h10-12H,8-9H2,1-7H3,(H,21,22). The molecule has 0 aromatic rings. The minimum absolute atomic E-state index is 0.00658. The lowest BCUT2D eigenvalue weighted by molar-refractivity contribution is -0.201. The number of esters is 1. The Kier molecular flexibility index (Phi) is 7.33. The Morgan fingerprint density at radius 3 is 1.75 bits per heavy atom. The van der Waals surface area contributed by atoms with Crippen molar-refractivity contribution in [1.29, 1.82) is 0 Å². The van der Waals surface area contributed by atoms with E-state index in [0.717, 1.165) is 6.92 Å². The van der Waals surface area contributed by atoms with Gasteiger partial charge in [0.2, 0.25) is 0 Å². The quantitative estimate of drug-likeness (QED) is 0.712. The van der Waals surface area contributed by atoms with Crippen LogP contribution in [0.25, 0.3) is 0 Å². The molecular weight excluding hydrogens is 325 g/mol. The number of ether oxygens (including phenoxy) is 1. The Morgan fingerprint density at radius 2 is 1.46 bits per heavy atom. The molecule has 0 heterocycles. The van der Waals surface area contributed by atoms with Gasteiger partial charge in [0.15, 0.2) is 0 Å². The van der Waals surface area contributed by atoms with Crippen LogP contribution in [0.5, 0.6) is 0 Å². The summed E-state index contributed by atoms with van der Waals surface area (Å²) in [6.45, 7) is 11.5. The maximum atomic E-state index is 13.1. The lowest BCUT2D eigenvalue weighted by Crippen LogP contribution is -2.43. The molecule has 0 spiro atoms. The van der Waals surface area contributed by atoms with E-state index in [2.05, 4.69) is 0 Å². The monoisotopic (exact) mass is 354 g/mol. The molecular formula is C17H29F3O4. The molecule has 0 aromatic carbocycles. The Bertz CT molecular complexity index is 444. The van der Waals surface area contributed by atoms with Crippen LogP contribution in [-0.2, 0) is 14.3 Å². The lowest BCUT2D eigenvalue weighted by Gasteiger charge is -2.33. The van der Waals surface area contributed by atoms with Crippen molar-refractivity contribution in [3.63, 3.8) is 0 Å². The highest BCUT2D eigenvalue weighted by atomic mass is 19.4. The number of carboxylic acids is 1. The highest BCUT2D eigenvalue weighted by Crippen LogP contribution is 2.40. The van der Waals surface area contributed by atoms with Crippen LogP contribution in [0, 0.1) is 28.6 Å². The molecule has 4 nitrogen and oxygen atoms in total. The van der Waals surface area contributed by atoms with Crippen molar-refractivity contribution >= 4 is 11.9 Å². The van der Waals surface area contributed by atoms with Gasteiger partial charge in [-0.1, -0.05) is 48.5 Å². The Labute approximate surface area is 141 Å². The average molecular weight is 354 g/mol. The van der Waals surface area contributed by atoms with E-state index >= 15 is 0 Å². The number of carbonyl (C=O) groups is 2. The zero-order valence-corrected chi connectivity index (χ0v) is 15.5. The molecule has 0 radical (unpaired) electrons. The Balaban J connectivity index is 5.64. The molecule has 3 atom stereocenters. The second-order valence-corrected chi connectivity index (χ2v) is 8.73. The van der Waals surface area contributed by atoms with Crippen molar-refractivity contribution < 1.29 is 32.6 Å². The molecule has 0 aliphatic carbocycles. The van der Waals surface area contributed by atoms with Crippen molar-refractivity contribution in [2.24, 2.45) is 28.6 Å². The number of hydrogen-bond donors (Lipinski definition) is 1.